The molecule has 0 saturated carbocycles. The molecule has 70 valence electrons. The Bertz CT molecular complexity index is 172. The number of aliphatic carboxylic acids is 1. The first-order chi connectivity index (χ1) is 5.63. The van der Waals surface area contributed by atoms with Crippen LogP contribution in [0.2, 0.25) is 0 Å². The second-order valence-electron chi connectivity index (χ2n) is 3.06. The number of rotatable bonds is 2. The van der Waals surface area contributed by atoms with Crippen LogP contribution in [0.4, 0.5) is 0 Å². The van der Waals surface area contributed by atoms with Crippen LogP contribution in [0, 0.1) is 0 Å². The van der Waals surface area contributed by atoms with Crippen LogP contribution in [-0.2, 0) is 9.53 Å². The van der Waals surface area contributed by atoms with Gasteiger partial charge in [-0.1, -0.05) is 6.92 Å². The van der Waals surface area contributed by atoms with Gasteiger partial charge in [0.15, 0.2) is 6.10 Å². The first-order valence-electron chi connectivity index (χ1n) is 4.15. The number of carboxylic acid groups (broad SMARTS) is 1. The van der Waals surface area contributed by atoms with E-state index in [0.29, 0.717) is 6.42 Å². The molecule has 3 atom stereocenters. The average Bonchev–Trinajstić information content (AvgIpc) is 2.03. The fraction of sp³-hybridized carbons (Fsp3) is 0.875. The highest BCUT2D eigenvalue weighted by Gasteiger charge is 2.31. The van der Waals surface area contributed by atoms with E-state index in [1.54, 1.807) is 0 Å². The van der Waals surface area contributed by atoms with Crippen molar-refractivity contribution in [3.05, 3.63) is 0 Å². The summed E-state index contributed by atoms with van der Waals surface area (Å²) in [6.45, 7) is 1.97. The first kappa shape index (κ1) is 9.81. The molecule has 0 aromatic carbocycles. The van der Waals surface area contributed by atoms with Crippen molar-refractivity contribution < 1.29 is 14.6 Å². The molecule has 0 bridgehead atoms. The van der Waals surface area contributed by atoms with Crippen molar-refractivity contribution >= 4 is 17.6 Å². The van der Waals surface area contributed by atoms with Gasteiger partial charge in [-0.05, 0) is 12.8 Å². The monoisotopic (exact) mass is 192 g/mol. The van der Waals surface area contributed by atoms with Gasteiger partial charge >= 0.3 is 5.97 Å². The van der Waals surface area contributed by atoms with Gasteiger partial charge in [-0.2, -0.15) is 0 Å². The molecule has 0 amide bonds. The number of hydrogen-bond acceptors (Lipinski definition) is 2. The van der Waals surface area contributed by atoms with Gasteiger partial charge < -0.3 is 9.84 Å². The van der Waals surface area contributed by atoms with Crippen LogP contribution >= 0.6 is 11.6 Å². The van der Waals surface area contributed by atoms with Crippen LogP contribution in [0.15, 0.2) is 0 Å². The van der Waals surface area contributed by atoms with Gasteiger partial charge in [0.25, 0.3) is 0 Å². The predicted octanol–water partition coefficient (Wildman–Crippen LogP) is 1.64. The van der Waals surface area contributed by atoms with Crippen LogP contribution in [0.5, 0.6) is 0 Å². The van der Waals surface area contributed by atoms with Crippen molar-refractivity contribution in [3.63, 3.8) is 0 Å². The third kappa shape index (κ3) is 2.35. The smallest absolute Gasteiger partial charge is 0.332 e. The fourth-order valence-electron chi connectivity index (χ4n) is 1.38. The lowest BCUT2D eigenvalue weighted by atomic mass is 10.0. The van der Waals surface area contributed by atoms with Gasteiger partial charge in [-0.15, -0.1) is 11.6 Å². The number of carbonyl (C=O) groups is 1. The molecule has 1 heterocycles. The lowest BCUT2D eigenvalue weighted by Gasteiger charge is -2.29. The Labute approximate surface area is 76.7 Å². The summed E-state index contributed by atoms with van der Waals surface area (Å²) in [5.74, 6) is -0.904. The van der Waals surface area contributed by atoms with Gasteiger partial charge in [-0.3, -0.25) is 0 Å². The van der Waals surface area contributed by atoms with Gasteiger partial charge in [-0.25, -0.2) is 4.79 Å². The van der Waals surface area contributed by atoms with E-state index < -0.39 is 12.1 Å². The molecule has 1 aliphatic heterocycles. The van der Waals surface area contributed by atoms with E-state index in [1.807, 2.05) is 6.92 Å². The highest BCUT2D eigenvalue weighted by atomic mass is 35.5. The predicted molar refractivity (Wildman–Crippen MR) is 45.5 cm³/mol. The molecule has 1 fully saturated rings. The zero-order valence-electron chi connectivity index (χ0n) is 7.00. The summed E-state index contributed by atoms with van der Waals surface area (Å²) in [5.41, 5.74) is 0. The van der Waals surface area contributed by atoms with Crippen LogP contribution < -0.4 is 0 Å². The van der Waals surface area contributed by atoms with Crippen LogP contribution in [0.3, 0.4) is 0 Å². The minimum atomic E-state index is -0.904. The Hall–Kier alpha value is -0.280. The summed E-state index contributed by atoms with van der Waals surface area (Å²) in [5, 5.41) is 8.63. The fourth-order valence-corrected chi connectivity index (χ4v) is 1.74. The number of hydrogen-bond donors (Lipinski definition) is 1. The number of ether oxygens (including phenoxy) is 1. The molecule has 1 rings (SSSR count). The molecular formula is C8H13ClO3. The minimum absolute atomic E-state index is 0.0161. The third-order valence-electron chi connectivity index (χ3n) is 2.08. The Kier molecular flexibility index (Phi) is 3.35. The van der Waals surface area contributed by atoms with Crippen molar-refractivity contribution in [3.8, 4) is 0 Å². The number of carboxylic acids is 1. The summed E-state index contributed by atoms with van der Waals surface area (Å²) < 4.78 is 5.28. The van der Waals surface area contributed by atoms with E-state index in [4.69, 9.17) is 21.4 Å². The largest absolute Gasteiger partial charge is 0.479 e. The standard InChI is InChI=1S/C8H13ClO3/c1-2-6-3-5(9)4-7(12-6)8(10)11/h5-7H,2-4H2,1H3,(H,10,11). The van der Waals surface area contributed by atoms with Gasteiger partial charge in [0.05, 0.1) is 6.10 Å². The highest BCUT2D eigenvalue weighted by molar-refractivity contribution is 6.20. The van der Waals surface area contributed by atoms with Crippen molar-refractivity contribution in [2.45, 2.75) is 43.8 Å². The van der Waals surface area contributed by atoms with E-state index in [0.717, 1.165) is 12.8 Å². The molecule has 0 aliphatic carbocycles. The van der Waals surface area contributed by atoms with Crippen molar-refractivity contribution in [1.29, 1.82) is 0 Å². The van der Waals surface area contributed by atoms with E-state index >= 15 is 0 Å². The number of halogens is 1. The SMILES string of the molecule is CCC1CC(Cl)CC(C(=O)O)O1. The lowest BCUT2D eigenvalue weighted by molar-refractivity contribution is -0.158. The topological polar surface area (TPSA) is 46.5 Å². The van der Waals surface area contributed by atoms with E-state index in [-0.39, 0.29) is 11.5 Å². The molecule has 1 saturated heterocycles. The van der Waals surface area contributed by atoms with Crippen molar-refractivity contribution in [2.24, 2.45) is 0 Å². The molecule has 0 aromatic rings. The Balaban J connectivity index is 2.51. The van der Waals surface area contributed by atoms with Crippen molar-refractivity contribution in [2.75, 3.05) is 0 Å². The van der Waals surface area contributed by atoms with Crippen molar-refractivity contribution in [1.82, 2.24) is 0 Å². The first-order valence-corrected chi connectivity index (χ1v) is 4.59. The highest BCUT2D eigenvalue weighted by Crippen LogP contribution is 2.25. The second kappa shape index (κ2) is 4.10. The van der Waals surface area contributed by atoms with E-state index in [9.17, 15) is 4.79 Å². The molecule has 3 unspecified atom stereocenters. The molecule has 1 N–H and O–H groups in total. The van der Waals surface area contributed by atoms with Gasteiger partial charge in [0.1, 0.15) is 0 Å². The molecule has 1 aliphatic rings. The summed E-state index contributed by atoms with van der Waals surface area (Å²) in [7, 11) is 0. The molecule has 12 heavy (non-hydrogen) atoms. The normalized spacial score (nSPS) is 36.3. The molecule has 0 radical (unpaired) electrons. The summed E-state index contributed by atoms with van der Waals surface area (Å²) in [6.07, 6.45) is 1.33. The third-order valence-corrected chi connectivity index (χ3v) is 2.43. The van der Waals surface area contributed by atoms with Gasteiger partial charge in [0.2, 0.25) is 0 Å². The molecular weight excluding hydrogens is 180 g/mol. The molecule has 0 spiro atoms. The molecule has 4 heteroatoms. The zero-order valence-corrected chi connectivity index (χ0v) is 7.75. The summed E-state index contributed by atoms with van der Waals surface area (Å²) >= 11 is 5.89. The molecule has 3 nitrogen and oxygen atoms in total. The quantitative estimate of drug-likeness (QED) is 0.677. The molecule has 0 aromatic heterocycles. The minimum Gasteiger partial charge on any atom is -0.479 e. The maximum absolute atomic E-state index is 10.6. The zero-order chi connectivity index (χ0) is 9.14. The van der Waals surface area contributed by atoms with Crippen LogP contribution in [0.1, 0.15) is 26.2 Å². The maximum atomic E-state index is 10.6. The number of alkyl halides is 1. The lowest BCUT2D eigenvalue weighted by Crippen LogP contribution is -2.37. The second-order valence-corrected chi connectivity index (χ2v) is 3.68. The van der Waals surface area contributed by atoms with Gasteiger partial charge in [0, 0.05) is 11.8 Å². The van der Waals surface area contributed by atoms with Crippen LogP contribution in [0.25, 0.3) is 0 Å². The van der Waals surface area contributed by atoms with Crippen LogP contribution in [-0.4, -0.2) is 28.7 Å². The Morgan fingerprint density at radius 2 is 2.33 bits per heavy atom. The Morgan fingerprint density at radius 3 is 2.83 bits per heavy atom. The Morgan fingerprint density at radius 1 is 1.67 bits per heavy atom. The average molecular weight is 193 g/mol. The van der Waals surface area contributed by atoms with E-state index in [2.05, 4.69) is 0 Å². The summed E-state index contributed by atoms with van der Waals surface area (Å²) in [6, 6.07) is 0. The summed E-state index contributed by atoms with van der Waals surface area (Å²) in [4.78, 5) is 10.6. The maximum Gasteiger partial charge on any atom is 0.332 e. The van der Waals surface area contributed by atoms with E-state index in [1.165, 1.54) is 0 Å².